The van der Waals surface area contributed by atoms with Crippen LogP contribution in [0.15, 0.2) is 21.1 Å². The molecule has 1 saturated heterocycles. The monoisotopic (exact) mass is 462 g/mol. The van der Waals surface area contributed by atoms with E-state index in [1.54, 1.807) is 0 Å². The van der Waals surface area contributed by atoms with Gasteiger partial charge in [0.15, 0.2) is 0 Å². The second-order valence-electron chi connectivity index (χ2n) is 7.01. The summed E-state index contributed by atoms with van der Waals surface area (Å²) in [6.07, 6.45) is 1.75. The van der Waals surface area contributed by atoms with Crippen molar-refractivity contribution in [3.05, 3.63) is 26.6 Å². The van der Waals surface area contributed by atoms with Crippen LogP contribution in [-0.2, 0) is 11.3 Å². The van der Waals surface area contributed by atoms with Gasteiger partial charge in [0, 0.05) is 25.7 Å². The first-order valence-corrected chi connectivity index (χ1v) is 9.63. The molecule has 0 bridgehead atoms. The summed E-state index contributed by atoms with van der Waals surface area (Å²) in [7, 11) is 0. The van der Waals surface area contributed by atoms with E-state index in [-0.39, 0.29) is 17.9 Å². The molecule has 1 aromatic carbocycles. The molecule has 1 aromatic rings. The van der Waals surface area contributed by atoms with E-state index < -0.39 is 5.60 Å². The van der Waals surface area contributed by atoms with Crippen LogP contribution >= 0.6 is 31.9 Å². The lowest BCUT2D eigenvalue weighted by molar-refractivity contribution is 0.0226. The topological polar surface area (TPSA) is 61.8 Å². The second kappa shape index (κ2) is 8.06. The van der Waals surface area contributed by atoms with Crippen LogP contribution < -0.4 is 5.32 Å². The summed E-state index contributed by atoms with van der Waals surface area (Å²) in [5.74, 6) is 0.200. The Bertz CT molecular complexity index is 579. The number of phenols is 1. The molecule has 1 heterocycles. The highest BCUT2D eigenvalue weighted by Gasteiger charge is 2.31. The van der Waals surface area contributed by atoms with E-state index in [1.165, 1.54) is 0 Å². The van der Waals surface area contributed by atoms with Crippen molar-refractivity contribution < 1.29 is 14.6 Å². The van der Waals surface area contributed by atoms with E-state index >= 15 is 0 Å². The molecule has 1 amide bonds. The molecule has 2 N–H and O–H groups in total. The van der Waals surface area contributed by atoms with E-state index in [2.05, 4.69) is 37.2 Å². The van der Waals surface area contributed by atoms with Gasteiger partial charge in [0.2, 0.25) is 0 Å². The Labute approximate surface area is 160 Å². The number of phenolic OH excluding ortho intramolecular Hbond substituents is 1. The average molecular weight is 464 g/mol. The summed E-state index contributed by atoms with van der Waals surface area (Å²) in [6, 6.07) is 3.92. The third-order valence-corrected chi connectivity index (χ3v) is 5.00. The smallest absolute Gasteiger partial charge is 0.410 e. The first kappa shape index (κ1) is 19.5. The van der Waals surface area contributed by atoms with Crippen molar-refractivity contribution in [3.63, 3.8) is 0 Å². The molecule has 1 unspecified atom stereocenters. The molecule has 1 fully saturated rings. The predicted octanol–water partition coefficient (Wildman–Crippen LogP) is 4.41. The quantitative estimate of drug-likeness (QED) is 0.694. The lowest BCUT2D eigenvalue weighted by Crippen LogP contribution is -2.44. The highest BCUT2D eigenvalue weighted by atomic mass is 79.9. The fourth-order valence-electron chi connectivity index (χ4n) is 2.71. The normalized spacial score (nSPS) is 18.0. The van der Waals surface area contributed by atoms with Crippen LogP contribution in [0, 0.1) is 0 Å². The number of benzene rings is 1. The van der Waals surface area contributed by atoms with E-state index in [9.17, 15) is 9.90 Å². The number of nitrogens with one attached hydrogen (secondary N) is 1. The van der Waals surface area contributed by atoms with E-state index in [4.69, 9.17) is 4.74 Å². The minimum atomic E-state index is -0.470. The van der Waals surface area contributed by atoms with E-state index in [1.807, 2.05) is 37.8 Å². The molecule has 24 heavy (non-hydrogen) atoms. The summed E-state index contributed by atoms with van der Waals surface area (Å²) >= 11 is 6.67. The molecule has 1 aliphatic rings. The largest absolute Gasteiger partial charge is 0.506 e. The number of carbonyl (C=O) groups is 1. The van der Waals surface area contributed by atoms with Gasteiger partial charge in [-0.25, -0.2) is 4.79 Å². The fourth-order valence-corrected chi connectivity index (χ4v) is 3.99. The number of aromatic hydroxyl groups is 1. The Morgan fingerprint density at radius 1 is 1.38 bits per heavy atom. The third-order valence-electron chi connectivity index (χ3n) is 3.79. The minimum Gasteiger partial charge on any atom is -0.506 e. The van der Waals surface area contributed by atoms with Gasteiger partial charge in [0.05, 0.1) is 8.95 Å². The zero-order chi connectivity index (χ0) is 17.9. The molecule has 0 spiro atoms. The van der Waals surface area contributed by atoms with E-state index in [0.717, 1.165) is 31.5 Å². The first-order chi connectivity index (χ1) is 11.2. The minimum absolute atomic E-state index is 0.156. The highest BCUT2D eigenvalue weighted by Crippen LogP contribution is 2.33. The van der Waals surface area contributed by atoms with Crippen molar-refractivity contribution in [2.24, 2.45) is 0 Å². The molecule has 7 heteroatoms. The maximum absolute atomic E-state index is 12.3. The van der Waals surface area contributed by atoms with Gasteiger partial charge in [-0.3, -0.25) is 0 Å². The number of ether oxygens (including phenoxy) is 1. The molecule has 5 nitrogen and oxygen atoms in total. The maximum Gasteiger partial charge on any atom is 0.410 e. The van der Waals surface area contributed by atoms with Crippen LogP contribution in [0.2, 0.25) is 0 Å². The van der Waals surface area contributed by atoms with Gasteiger partial charge in [-0.05, 0) is 83.2 Å². The Balaban J connectivity index is 1.88. The number of halogens is 2. The SMILES string of the molecule is CC(C)(C)OC(=O)N1CCCC1CNCc1cc(Br)c(O)c(Br)c1. The van der Waals surface area contributed by atoms with Crippen LogP contribution in [0.25, 0.3) is 0 Å². The Morgan fingerprint density at radius 2 is 2.00 bits per heavy atom. The highest BCUT2D eigenvalue weighted by molar-refractivity contribution is 9.11. The molecule has 0 aliphatic carbocycles. The van der Waals surface area contributed by atoms with Crippen molar-refractivity contribution in [2.75, 3.05) is 13.1 Å². The van der Waals surface area contributed by atoms with Crippen molar-refractivity contribution in [2.45, 2.75) is 51.8 Å². The van der Waals surface area contributed by atoms with Gasteiger partial charge in [-0.15, -0.1) is 0 Å². The number of likely N-dealkylation sites (tertiary alicyclic amines) is 1. The lowest BCUT2D eigenvalue weighted by atomic mass is 10.2. The zero-order valence-electron chi connectivity index (χ0n) is 14.2. The summed E-state index contributed by atoms with van der Waals surface area (Å²) in [6.45, 7) is 7.78. The van der Waals surface area contributed by atoms with Gasteiger partial charge >= 0.3 is 6.09 Å². The molecule has 0 radical (unpaired) electrons. The first-order valence-electron chi connectivity index (χ1n) is 8.04. The lowest BCUT2D eigenvalue weighted by Gasteiger charge is -2.28. The zero-order valence-corrected chi connectivity index (χ0v) is 17.4. The summed E-state index contributed by atoms with van der Waals surface area (Å²) in [4.78, 5) is 14.1. The summed E-state index contributed by atoms with van der Waals surface area (Å²) < 4.78 is 6.79. The van der Waals surface area contributed by atoms with Crippen molar-refractivity contribution in [1.29, 1.82) is 0 Å². The fraction of sp³-hybridized carbons (Fsp3) is 0.588. The number of hydrogen-bond donors (Lipinski definition) is 2. The summed E-state index contributed by atoms with van der Waals surface area (Å²) in [5, 5.41) is 13.1. The molecule has 0 saturated carbocycles. The standard InChI is InChI=1S/C17H24Br2N2O3/c1-17(2,3)24-16(23)21-6-4-5-12(21)10-20-9-11-7-13(18)15(22)14(19)8-11/h7-8,12,20,22H,4-6,9-10H2,1-3H3. The van der Waals surface area contributed by atoms with E-state index in [0.29, 0.717) is 15.5 Å². The van der Waals surface area contributed by atoms with Gasteiger partial charge in [0.25, 0.3) is 0 Å². The van der Waals surface area contributed by atoms with Gasteiger partial charge in [-0.2, -0.15) is 0 Å². The predicted molar refractivity (Wildman–Crippen MR) is 101 cm³/mol. The van der Waals surface area contributed by atoms with Crippen molar-refractivity contribution in [1.82, 2.24) is 10.2 Å². The molecule has 1 aliphatic heterocycles. The molecule has 0 aromatic heterocycles. The number of nitrogens with zero attached hydrogens (tertiary/aromatic N) is 1. The van der Waals surface area contributed by atoms with Crippen LogP contribution in [0.5, 0.6) is 5.75 Å². The Kier molecular flexibility index (Phi) is 6.56. The van der Waals surface area contributed by atoms with Gasteiger partial charge in [0.1, 0.15) is 11.4 Å². The van der Waals surface area contributed by atoms with Crippen LogP contribution in [0.1, 0.15) is 39.2 Å². The molecular formula is C17H24Br2N2O3. The number of carbonyl (C=O) groups excluding carboxylic acids is 1. The number of rotatable bonds is 4. The van der Waals surface area contributed by atoms with Crippen LogP contribution in [-0.4, -0.2) is 40.8 Å². The molecule has 2 rings (SSSR count). The van der Waals surface area contributed by atoms with Crippen LogP contribution in [0.3, 0.4) is 0 Å². The number of hydrogen-bond acceptors (Lipinski definition) is 4. The second-order valence-corrected chi connectivity index (χ2v) is 8.72. The molecular weight excluding hydrogens is 440 g/mol. The molecule has 134 valence electrons. The van der Waals surface area contributed by atoms with Gasteiger partial charge < -0.3 is 20.1 Å². The number of amides is 1. The van der Waals surface area contributed by atoms with Crippen molar-refractivity contribution >= 4 is 38.0 Å². The van der Waals surface area contributed by atoms with Gasteiger partial charge in [-0.1, -0.05) is 0 Å². The van der Waals surface area contributed by atoms with Crippen molar-refractivity contribution in [3.8, 4) is 5.75 Å². The third kappa shape index (κ3) is 5.36. The maximum atomic E-state index is 12.3. The summed E-state index contributed by atoms with van der Waals surface area (Å²) in [5.41, 5.74) is 0.579. The molecule has 1 atom stereocenters. The van der Waals surface area contributed by atoms with Crippen LogP contribution in [0.4, 0.5) is 4.79 Å². The Hall–Kier alpha value is -0.790. The average Bonchev–Trinajstić information content (AvgIpc) is 2.91. The Morgan fingerprint density at radius 3 is 2.58 bits per heavy atom.